The normalized spacial score (nSPS) is 11.9. The van der Waals surface area contributed by atoms with Crippen molar-refractivity contribution in [3.63, 3.8) is 0 Å². The molecule has 0 bridgehead atoms. The Kier molecular flexibility index (Phi) is 4.31. The molecule has 0 radical (unpaired) electrons. The first kappa shape index (κ1) is 14.6. The molecule has 0 heterocycles. The topological polar surface area (TPSA) is 0 Å². The van der Waals surface area contributed by atoms with E-state index in [2.05, 4.69) is 11.5 Å². The molecule has 17 heavy (non-hydrogen) atoms. The van der Waals surface area contributed by atoms with Gasteiger partial charge in [-0.2, -0.15) is 13.2 Å². The highest BCUT2D eigenvalue weighted by atomic mass is 127. The summed E-state index contributed by atoms with van der Waals surface area (Å²) < 4.78 is 39.0. The van der Waals surface area contributed by atoms with E-state index in [0.29, 0.717) is 0 Å². The van der Waals surface area contributed by atoms with E-state index in [-0.39, 0.29) is 5.56 Å². The van der Waals surface area contributed by atoms with Crippen molar-refractivity contribution in [1.29, 1.82) is 0 Å². The Labute approximate surface area is 114 Å². The van der Waals surface area contributed by atoms with Gasteiger partial charge < -0.3 is 0 Å². The molecule has 0 saturated carbocycles. The zero-order valence-electron chi connectivity index (χ0n) is 9.74. The standard InChI is InChI=1S/C12H12F3ISi/c1-17(2,3)7-6-9-8-10(16)4-5-11(9)12(13,14)15/h4-5,8H,1-3H3. The SMILES string of the molecule is C[Si](C)(C)C#Cc1cc(I)ccc1C(F)(F)F. The minimum absolute atomic E-state index is 0.0758. The second kappa shape index (κ2) is 5.02. The quantitative estimate of drug-likeness (QED) is 0.358. The zero-order valence-corrected chi connectivity index (χ0v) is 12.9. The van der Waals surface area contributed by atoms with Crippen LogP contribution in [0.3, 0.4) is 0 Å². The van der Waals surface area contributed by atoms with Crippen molar-refractivity contribution in [1.82, 2.24) is 0 Å². The molecule has 0 amide bonds. The number of hydrogen-bond acceptors (Lipinski definition) is 0. The maximum Gasteiger partial charge on any atom is 0.417 e. The maximum atomic E-state index is 12.7. The molecule has 5 heteroatoms. The molecule has 0 aliphatic heterocycles. The Bertz CT molecular complexity index is 475. The van der Waals surface area contributed by atoms with Crippen molar-refractivity contribution in [3.8, 4) is 11.5 Å². The first-order chi connectivity index (χ1) is 7.59. The molecule has 1 aromatic carbocycles. The van der Waals surface area contributed by atoms with Crippen molar-refractivity contribution in [3.05, 3.63) is 32.9 Å². The summed E-state index contributed by atoms with van der Waals surface area (Å²) >= 11 is 1.99. The van der Waals surface area contributed by atoms with E-state index >= 15 is 0 Å². The Balaban J connectivity index is 3.30. The monoisotopic (exact) mass is 368 g/mol. The summed E-state index contributed by atoms with van der Waals surface area (Å²) in [6.45, 7) is 6.00. The van der Waals surface area contributed by atoms with Gasteiger partial charge >= 0.3 is 6.18 Å². The molecule has 0 aromatic heterocycles. The molecular formula is C12H12F3ISi. The Hall–Kier alpha value is -0.483. The summed E-state index contributed by atoms with van der Waals surface area (Å²) in [7, 11) is -1.67. The van der Waals surface area contributed by atoms with Crippen molar-refractivity contribution >= 4 is 30.7 Å². The van der Waals surface area contributed by atoms with Crippen molar-refractivity contribution in [2.24, 2.45) is 0 Å². The van der Waals surface area contributed by atoms with Gasteiger partial charge in [0.05, 0.1) is 5.56 Å². The second-order valence-corrected chi connectivity index (χ2v) is 10.7. The van der Waals surface area contributed by atoms with E-state index in [9.17, 15) is 13.2 Å². The van der Waals surface area contributed by atoms with Crippen molar-refractivity contribution in [2.45, 2.75) is 25.8 Å². The largest absolute Gasteiger partial charge is 0.417 e. The van der Waals surface area contributed by atoms with E-state index in [1.54, 1.807) is 0 Å². The minimum Gasteiger partial charge on any atom is -0.166 e. The van der Waals surface area contributed by atoms with Gasteiger partial charge in [-0.15, -0.1) is 5.54 Å². The van der Waals surface area contributed by atoms with Crippen LogP contribution in [0.1, 0.15) is 11.1 Å². The molecule has 0 saturated heterocycles. The molecular weight excluding hydrogens is 356 g/mol. The summed E-state index contributed by atoms with van der Waals surface area (Å²) in [6.07, 6.45) is -4.34. The molecule has 0 fully saturated rings. The summed E-state index contributed by atoms with van der Waals surface area (Å²) in [6, 6.07) is 4.02. The lowest BCUT2D eigenvalue weighted by molar-refractivity contribution is -0.137. The molecule has 0 N–H and O–H groups in total. The number of halogens is 4. The van der Waals surface area contributed by atoms with Gasteiger partial charge in [-0.25, -0.2) is 0 Å². The second-order valence-electron chi connectivity index (χ2n) is 4.69. The lowest BCUT2D eigenvalue weighted by atomic mass is 10.1. The number of alkyl halides is 3. The molecule has 1 aromatic rings. The molecule has 0 aliphatic rings. The lowest BCUT2D eigenvalue weighted by Crippen LogP contribution is -2.16. The van der Waals surface area contributed by atoms with Crippen LogP contribution in [0, 0.1) is 15.0 Å². The van der Waals surface area contributed by atoms with Crippen LogP contribution >= 0.6 is 22.6 Å². The zero-order chi connectivity index (χ0) is 13.3. The van der Waals surface area contributed by atoms with E-state index in [0.717, 1.165) is 9.64 Å². The average molecular weight is 368 g/mol. The predicted molar refractivity (Wildman–Crippen MR) is 74.4 cm³/mol. The first-order valence-corrected chi connectivity index (χ1v) is 9.57. The summed E-state index contributed by atoms with van der Waals surface area (Å²) in [5.74, 6) is 2.69. The Morgan fingerprint density at radius 1 is 1.18 bits per heavy atom. The average Bonchev–Trinajstić information content (AvgIpc) is 2.11. The number of rotatable bonds is 0. The fraction of sp³-hybridized carbons (Fsp3) is 0.333. The van der Waals surface area contributed by atoms with Gasteiger partial charge in [0.1, 0.15) is 8.07 Å². The van der Waals surface area contributed by atoms with Crippen LogP contribution in [-0.4, -0.2) is 8.07 Å². The van der Waals surface area contributed by atoms with Crippen LogP contribution in [0.15, 0.2) is 18.2 Å². The molecule has 0 spiro atoms. The van der Waals surface area contributed by atoms with Gasteiger partial charge in [0, 0.05) is 9.13 Å². The molecule has 0 atom stereocenters. The maximum absolute atomic E-state index is 12.7. The summed E-state index contributed by atoms with van der Waals surface area (Å²) in [4.78, 5) is 0. The fourth-order valence-corrected chi connectivity index (χ4v) is 2.12. The van der Waals surface area contributed by atoms with Crippen LogP contribution in [0.5, 0.6) is 0 Å². The van der Waals surface area contributed by atoms with Crippen molar-refractivity contribution in [2.75, 3.05) is 0 Å². The van der Waals surface area contributed by atoms with Crippen LogP contribution < -0.4 is 0 Å². The highest BCUT2D eigenvalue weighted by molar-refractivity contribution is 14.1. The highest BCUT2D eigenvalue weighted by Crippen LogP contribution is 2.32. The van der Waals surface area contributed by atoms with Crippen LogP contribution in [0.25, 0.3) is 0 Å². The van der Waals surface area contributed by atoms with Gasteiger partial charge in [0.15, 0.2) is 0 Å². The van der Waals surface area contributed by atoms with Crippen LogP contribution in [-0.2, 0) is 6.18 Å². The highest BCUT2D eigenvalue weighted by Gasteiger charge is 2.33. The molecule has 0 aliphatic carbocycles. The van der Waals surface area contributed by atoms with Gasteiger partial charge in [0.25, 0.3) is 0 Å². The molecule has 1 rings (SSSR count). The summed E-state index contributed by atoms with van der Waals surface area (Å²) in [5, 5.41) is 0. The predicted octanol–water partition coefficient (Wildman–Crippen LogP) is 4.54. The van der Waals surface area contributed by atoms with Crippen LogP contribution in [0.2, 0.25) is 19.6 Å². The fourth-order valence-electron chi connectivity index (χ4n) is 1.12. The lowest BCUT2D eigenvalue weighted by Gasteiger charge is -2.10. The Morgan fingerprint density at radius 3 is 2.24 bits per heavy atom. The number of hydrogen-bond donors (Lipinski definition) is 0. The molecule has 0 nitrogen and oxygen atoms in total. The smallest absolute Gasteiger partial charge is 0.166 e. The third-order valence-corrected chi connectivity index (χ3v) is 3.41. The molecule has 92 valence electrons. The third kappa shape index (κ3) is 4.72. The third-order valence-electron chi connectivity index (χ3n) is 1.86. The first-order valence-electron chi connectivity index (χ1n) is 4.99. The minimum atomic E-state index is -4.34. The van der Waals surface area contributed by atoms with E-state index in [1.807, 2.05) is 42.2 Å². The van der Waals surface area contributed by atoms with E-state index in [1.165, 1.54) is 12.1 Å². The van der Waals surface area contributed by atoms with Gasteiger partial charge in [-0.05, 0) is 40.8 Å². The van der Waals surface area contributed by atoms with Crippen LogP contribution in [0.4, 0.5) is 13.2 Å². The Morgan fingerprint density at radius 2 is 1.76 bits per heavy atom. The molecule has 0 unspecified atom stereocenters. The van der Waals surface area contributed by atoms with Crippen molar-refractivity contribution < 1.29 is 13.2 Å². The van der Waals surface area contributed by atoms with Gasteiger partial charge in [-0.3, -0.25) is 0 Å². The summed E-state index contributed by atoms with van der Waals surface area (Å²) in [5.41, 5.74) is 2.39. The number of benzene rings is 1. The van der Waals surface area contributed by atoms with Gasteiger partial charge in [-0.1, -0.05) is 25.6 Å². The van der Waals surface area contributed by atoms with E-state index < -0.39 is 19.8 Å². The van der Waals surface area contributed by atoms with E-state index in [4.69, 9.17) is 0 Å². The van der Waals surface area contributed by atoms with Gasteiger partial charge in [0.2, 0.25) is 0 Å².